The topological polar surface area (TPSA) is 3.24 Å². The van der Waals surface area contributed by atoms with Gasteiger partial charge in [-0.1, -0.05) is 26.1 Å². The fourth-order valence-electron chi connectivity index (χ4n) is 1.09. The number of thiol groups is 1. The van der Waals surface area contributed by atoms with E-state index in [4.69, 9.17) is 12.2 Å². The van der Waals surface area contributed by atoms with E-state index in [0.717, 1.165) is 23.8 Å². The van der Waals surface area contributed by atoms with Crippen LogP contribution in [0.2, 0.25) is 0 Å². The lowest BCUT2D eigenvalue weighted by atomic mass is 10.3. The fourth-order valence-corrected chi connectivity index (χ4v) is 1.48. The number of thiocarbonyl (C=S) groups is 1. The molecule has 0 aliphatic carbocycles. The molecule has 1 nitrogen and oxygen atoms in total. The van der Waals surface area contributed by atoms with Crippen molar-refractivity contribution in [1.29, 1.82) is 0 Å². The molecule has 0 radical (unpaired) electrons. The van der Waals surface area contributed by atoms with Crippen LogP contribution in [-0.2, 0) is 0 Å². The van der Waals surface area contributed by atoms with E-state index in [1.165, 1.54) is 12.8 Å². The lowest BCUT2D eigenvalue weighted by molar-refractivity contribution is 0.315. The molecule has 0 atom stereocenters. The van der Waals surface area contributed by atoms with Gasteiger partial charge >= 0.3 is 0 Å². The monoisotopic (exact) mass is 191 g/mol. The van der Waals surface area contributed by atoms with Gasteiger partial charge in [-0.05, 0) is 25.9 Å². The van der Waals surface area contributed by atoms with Gasteiger partial charge in [0.25, 0.3) is 0 Å². The molecule has 0 fully saturated rings. The molecule has 11 heavy (non-hydrogen) atoms. The van der Waals surface area contributed by atoms with Crippen LogP contribution < -0.4 is 0 Å². The van der Waals surface area contributed by atoms with Crippen LogP contribution in [0, 0.1) is 0 Å². The molecule has 0 aliphatic heterocycles. The molecule has 0 amide bonds. The smallest absolute Gasteiger partial charge is 0.0588 e. The molecule has 0 aromatic heterocycles. The van der Waals surface area contributed by atoms with Gasteiger partial charge in [-0.2, -0.15) is 0 Å². The Kier molecular flexibility index (Phi) is 7.33. The Balaban J connectivity index is 3.59. The van der Waals surface area contributed by atoms with Crippen molar-refractivity contribution in [2.75, 3.05) is 19.6 Å². The first-order chi connectivity index (χ1) is 5.20. The van der Waals surface area contributed by atoms with Crippen LogP contribution >= 0.6 is 24.8 Å². The summed E-state index contributed by atoms with van der Waals surface area (Å²) in [5.41, 5.74) is 0. The fraction of sp³-hybridized carbons (Fsp3) is 0.875. The molecule has 0 unspecified atom stereocenters. The van der Waals surface area contributed by atoms with Gasteiger partial charge < -0.3 is 0 Å². The Morgan fingerprint density at radius 1 is 1.27 bits per heavy atom. The van der Waals surface area contributed by atoms with Crippen LogP contribution in [0.1, 0.15) is 26.7 Å². The number of hydrogen-bond donors (Lipinski definition) is 1. The summed E-state index contributed by atoms with van der Waals surface area (Å²) >= 11 is 9.04. The predicted octanol–water partition coefficient (Wildman–Crippen LogP) is 2.37. The van der Waals surface area contributed by atoms with Crippen molar-refractivity contribution in [2.24, 2.45) is 0 Å². The second kappa shape index (κ2) is 7.07. The molecule has 0 spiro atoms. The first-order valence-electron chi connectivity index (χ1n) is 4.14. The first-order valence-corrected chi connectivity index (χ1v) is 5.00. The van der Waals surface area contributed by atoms with E-state index in [0.29, 0.717) is 0 Å². The Morgan fingerprint density at radius 2 is 1.73 bits per heavy atom. The molecule has 0 aromatic carbocycles. The Morgan fingerprint density at radius 3 is 2.00 bits per heavy atom. The van der Waals surface area contributed by atoms with E-state index >= 15 is 0 Å². The summed E-state index contributed by atoms with van der Waals surface area (Å²) in [6, 6.07) is 0. The summed E-state index contributed by atoms with van der Waals surface area (Å²) in [4.78, 5) is 2.34. The largest absolute Gasteiger partial charge is 0.298 e. The maximum Gasteiger partial charge on any atom is 0.0588 e. The van der Waals surface area contributed by atoms with E-state index < -0.39 is 0 Å². The third kappa shape index (κ3) is 6.78. The molecular formula is C8H17NS2. The van der Waals surface area contributed by atoms with Gasteiger partial charge in [0.05, 0.1) is 4.20 Å². The zero-order valence-electron chi connectivity index (χ0n) is 7.34. The Labute approximate surface area is 80.6 Å². The van der Waals surface area contributed by atoms with Crippen molar-refractivity contribution in [3.63, 3.8) is 0 Å². The summed E-state index contributed by atoms with van der Waals surface area (Å²) < 4.78 is 0.798. The van der Waals surface area contributed by atoms with E-state index in [1.54, 1.807) is 0 Å². The molecule has 0 aromatic rings. The molecule has 66 valence electrons. The van der Waals surface area contributed by atoms with Gasteiger partial charge in [-0.25, -0.2) is 0 Å². The quantitative estimate of drug-likeness (QED) is 0.507. The van der Waals surface area contributed by atoms with Gasteiger partial charge in [0, 0.05) is 6.54 Å². The van der Waals surface area contributed by atoms with Crippen LogP contribution in [0.4, 0.5) is 0 Å². The maximum absolute atomic E-state index is 4.92. The first kappa shape index (κ1) is 11.4. The molecule has 3 heteroatoms. The van der Waals surface area contributed by atoms with Gasteiger partial charge in [0.2, 0.25) is 0 Å². The lowest BCUT2D eigenvalue weighted by Gasteiger charge is -2.19. The SMILES string of the molecule is CCCN(CCC)CC(=S)S. The maximum atomic E-state index is 4.92. The molecule has 0 rings (SSSR count). The number of nitrogens with zero attached hydrogens (tertiary/aromatic N) is 1. The van der Waals surface area contributed by atoms with E-state index in [-0.39, 0.29) is 0 Å². The van der Waals surface area contributed by atoms with Crippen LogP contribution in [0.25, 0.3) is 0 Å². The highest BCUT2D eigenvalue weighted by Crippen LogP contribution is 1.96. The van der Waals surface area contributed by atoms with Crippen molar-refractivity contribution >= 4 is 29.0 Å². The number of hydrogen-bond acceptors (Lipinski definition) is 2. The average molecular weight is 191 g/mol. The van der Waals surface area contributed by atoms with Crippen molar-refractivity contribution in [2.45, 2.75) is 26.7 Å². The molecule has 0 heterocycles. The van der Waals surface area contributed by atoms with E-state index in [2.05, 4.69) is 31.4 Å². The molecular weight excluding hydrogens is 174 g/mol. The summed E-state index contributed by atoms with van der Waals surface area (Å²) in [6.07, 6.45) is 2.38. The van der Waals surface area contributed by atoms with Crippen LogP contribution in [0.15, 0.2) is 0 Å². The second-order valence-electron chi connectivity index (χ2n) is 2.67. The molecule has 0 saturated carbocycles. The Hall–Kier alpha value is 0.400. The zero-order valence-corrected chi connectivity index (χ0v) is 9.05. The molecule has 0 aliphatic rings. The van der Waals surface area contributed by atoms with Gasteiger partial charge in [-0.3, -0.25) is 4.90 Å². The predicted molar refractivity (Wildman–Crippen MR) is 58.6 cm³/mol. The van der Waals surface area contributed by atoms with Crippen LogP contribution in [0.3, 0.4) is 0 Å². The van der Waals surface area contributed by atoms with Crippen molar-refractivity contribution < 1.29 is 0 Å². The molecule has 0 N–H and O–H groups in total. The van der Waals surface area contributed by atoms with Crippen molar-refractivity contribution in [1.82, 2.24) is 4.90 Å². The standard InChI is InChI=1S/C8H17NS2/c1-3-5-9(6-4-2)7-8(10)11/h3-7H2,1-2H3,(H,10,11). The van der Waals surface area contributed by atoms with Crippen molar-refractivity contribution in [3.05, 3.63) is 0 Å². The third-order valence-electron chi connectivity index (χ3n) is 1.44. The minimum Gasteiger partial charge on any atom is -0.298 e. The highest BCUT2D eigenvalue weighted by atomic mass is 32.1. The summed E-state index contributed by atoms with van der Waals surface area (Å²) in [5, 5.41) is 0. The highest BCUT2D eigenvalue weighted by Gasteiger charge is 2.02. The normalized spacial score (nSPS) is 10.5. The second-order valence-corrected chi connectivity index (χ2v) is 4.01. The molecule has 0 bridgehead atoms. The average Bonchev–Trinajstić information content (AvgIpc) is 1.87. The van der Waals surface area contributed by atoms with Gasteiger partial charge in [0.1, 0.15) is 0 Å². The Bertz CT molecular complexity index is 109. The highest BCUT2D eigenvalue weighted by molar-refractivity contribution is 8.11. The van der Waals surface area contributed by atoms with Gasteiger partial charge in [0.15, 0.2) is 0 Å². The molecule has 0 saturated heterocycles. The van der Waals surface area contributed by atoms with Gasteiger partial charge in [-0.15, -0.1) is 12.6 Å². The zero-order chi connectivity index (χ0) is 8.69. The van der Waals surface area contributed by atoms with Crippen LogP contribution in [0.5, 0.6) is 0 Å². The van der Waals surface area contributed by atoms with E-state index in [1.807, 2.05) is 0 Å². The lowest BCUT2D eigenvalue weighted by Crippen LogP contribution is -2.28. The summed E-state index contributed by atoms with van der Waals surface area (Å²) in [6.45, 7) is 7.50. The third-order valence-corrected chi connectivity index (χ3v) is 1.71. The van der Waals surface area contributed by atoms with Crippen molar-refractivity contribution in [3.8, 4) is 0 Å². The summed E-state index contributed by atoms with van der Waals surface area (Å²) in [7, 11) is 0. The minimum atomic E-state index is 0.798. The van der Waals surface area contributed by atoms with E-state index in [9.17, 15) is 0 Å². The number of rotatable bonds is 6. The summed E-state index contributed by atoms with van der Waals surface area (Å²) in [5.74, 6) is 0. The minimum absolute atomic E-state index is 0.798. The van der Waals surface area contributed by atoms with Crippen LogP contribution in [-0.4, -0.2) is 28.7 Å².